The van der Waals surface area contributed by atoms with Crippen LogP contribution in [0.15, 0.2) is 0 Å². The summed E-state index contributed by atoms with van der Waals surface area (Å²) < 4.78 is 5.67. The molecule has 0 aromatic carbocycles. The van der Waals surface area contributed by atoms with Crippen LogP contribution in [0.4, 0.5) is 0 Å². The maximum atomic E-state index is 8.67. The summed E-state index contributed by atoms with van der Waals surface area (Å²) in [4.78, 5) is 0. The van der Waals surface area contributed by atoms with Gasteiger partial charge in [-0.25, -0.2) is 0 Å². The van der Waals surface area contributed by atoms with E-state index in [0.717, 1.165) is 32.4 Å². The Morgan fingerprint density at radius 3 is 2.67 bits per heavy atom. The molecule has 0 saturated heterocycles. The monoisotopic (exact) mass is 215 g/mol. The van der Waals surface area contributed by atoms with Gasteiger partial charge in [0.1, 0.15) is 0 Å². The Kier molecular flexibility index (Phi) is 5.03. The lowest BCUT2D eigenvalue weighted by atomic mass is 9.64. The normalized spacial score (nSPS) is 28.8. The molecule has 0 radical (unpaired) electrons. The molecule has 0 heterocycles. The van der Waals surface area contributed by atoms with Crippen LogP contribution in [-0.4, -0.2) is 37.0 Å². The fraction of sp³-hybridized carbons (Fsp3) is 1.00. The maximum absolute atomic E-state index is 8.67. The zero-order chi connectivity index (χ0) is 11.3. The Labute approximate surface area is 93.2 Å². The Balaban J connectivity index is 2.17. The maximum Gasteiger partial charge on any atom is 0.0655 e. The largest absolute Gasteiger partial charge is 0.396 e. The standard InChI is InChI=1S/C12H25NO2/c1-4-15-11-9-10(12(11,2)3)13-7-5-6-8-14/h10-11,13-14H,4-9H2,1-3H3. The van der Waals surface area contributed by atoms with Crippen LogP contribution in [-0.2, 0) is 4.74 Å². The Hall–Kier alpha value is -0.120. The molecule has 90 valence electrons. The highest BCUT2D eigenvalue weighted by molar-refractivity contribution is 5.02. The zero-order valence-electron chi connectivity index (χ0n) is 10.3. The van der Waals surface area contributed by atoms with Crippen molar-refractivity contribution in [2.24, 2.45) is 5.41 Å². The van der Waals surface area contributed by atoms with Crippen molar-refractivity contribution in [3.8, 4) is 0 Å². The third-order valence-electron chi connectivity index (χ3n) is 3.52. The molecule has 2 atom stereocenters. The second kappa shape index (κ2) is 5.83. The van der Waals surface area contributed by atoms with Crippen LogP contribution in [0.1, 0.15) is 40.0 Å². The van der Waals surface area contributed by atoms with E-state index in [0.29, 0.717) is 18.8 Å². The SMILES string of the molecule is CCOC1CC(NCCCCO)C1(C)C. The second-order valence-corrected chi connectivity index (χ2v) is 4.94. The van der Waals surface area contributed by atoms with Crippen molar-refractivity contribution in [3.63, 3.8) is 0 Å². The van der Waals surface area contributed by atoms with Crippen LogP contribution in [0.2, 0.25) is 0 Å². The van der Waals surface area contributed by atoms with Crippen LogP contribution in [0.5, 0.6) is 0 Å². The summed E-state index contributed by atoms with van der Waals surface area (Å²) in [5, 5.41) is 12.2. The Morgan fingerprint density at radius 1 is 1.40 bits per heavy atom. The van der Waals surface area contributed by atoms with Crippen LogP contribution in [0, 0.1) is 5.41 Å². The number of unbranched alkanes of at least 4 members (excludes halogenated alkanes) is 1. The molecule has 1 aliphatic carbocycles. The minimum atomic E-state index is 0.259. The summed E-state index contributed by atoms with van der Waals surface area (Å²) >= 11 is 0. The first-order chi connectivity index (χ1) is 7.12. The number of rotatable bonds is 7. The highest BCUT2D eigenvalue weighted by atomic mass is 16.5. The van der Waals surface area contributed by atoms with Gasteiger partial charge < -0.3 is 15.2 Å². The van der Waals surface area contributed by atoms with E-state index in [2.05, 4.69) is 26.1 Å². The molecule has 0 aliphatic heterocycles. The van der Waals surface area contributed by atoms with E-state index in [1.54, 1.807) is 0 Å². The van der Waals surface area contributed by atoms with E-state index in [9.17, 15) is 0 Å². The van der Waals surface area contributed by atoms with E-state index in [-0.39, 0.29) is 5.41 Å². The average molecular weight is 215 g/mol. The van der Waals surface area contributed by atoms with Gasteiger partial charge in [-0.2, -0.15) is 0 Å². The molecule has 15 heavy (non-hydrogen) atoms. The quantitative estimate of drug-likeness (QED) is 0.633. The predicted octanol–water partition coefficient (Wildman–Crippen LogP) is 1.55. The lowest BCUT2D eigenvalue weighted by molar-refractivity contribution is -0.114. The molecule has 0 amide bonds. The van der Waals surface area contributed by atoms with Gasteiger partial charge in [0.2, 0.25) is 0 Å². The predicted molar refractivity (Wildman–Crippen MR) is 61.9 cm³/mol. The van der Waals surface area contributed by atoms with E-state index >= 15 is 0 Å². The summed E-state index contributed by atoms with van der Waals surface area (Å²) in [6, 6.07) is 0.577. The highest BCUT2D eigenvalue weighted by Gasteiger charge is 2.48. The van der Waals surface area contributed by atoms with Gasteiger partial charge in [0, 0.05) is 24.7 Å². The molecule has 3 nitrogen and oxygen atoms in total. The fourth-order valence-electron chi connectivity index (χ4n) is 2.23. The minimum absolute atomic E-state index is 0.259. The van der Waals surface area contributed by atoms with Gasteiger partial charge in [-0.15, -0.1) is 0 Å². The lowest BCUT2D eigenvalue weighted by Gasteiger charge is -2.52. The van der Waals surface area contributed by atoms with Crippen molar-refractivity contribution in [1.82, 2.24) is 5.32 Å². The van der Waals surface area contributed by atoms with Gasteiger partial charge in [-0.05, 0) is 32.7 Å². The van der Waals surface area contributed by atoms with Crippen molar-refractivity contribution in [2.45, 2.75) is 52.2 Å². The number of ether oxygens (including phenoxy) is 1. The average Bonchev–Trinajstić information content (AvgIpc) is 2.21. The first-order valence-electron chi connectivity index (χ1n) is 6.08. The molecule has 1 saturated carbocycles. The summed E-state index contributed by atoms with van der Waals surface area (Å²) in [6.45, 7) is 8.70. The molecule has 2 unspecified atom stereocenters. The van der Waals surface area contributed by atoms with E-state index in [1.807, 2.05) is 0 Å². The van der Waals surface area contributed by atoms with Crippen LogP contribution < -0.4 is 5.32 Å². The Bertz CT molecular complexity index is 182. The zero-order valence-corrected chi connectivity index (χ0v) is 10.3. The third-order valence-corrected chi connectivity index (χ3v) is 3.52. The van der Waals surface area contributed by atoms with Crippen molar-refractivity contribution < 1.29 is 9.84 Å². The number of aliphatic hydroxyl groups excluding tert-OH is 1. The smallest absolute Gasteiger partial charge is 0.0655 e. The van der Waals surface area contributed by atoms with E-state index < -0.39 is 0 Å². The summed E-state index contributed by atoms with van der Waals surface area (Å²) in [5.41, 5.74) is 0.259. The minimum Gasteiger partial charge on any atom is -0.396 e. The van der Waals surface area contributed by atoms with E-state index in [1.165, 1.54) is 0 Å². The Morgan fingerprint density at radius 2 is 2.13 bits per heavy atom. The van der Waals surface area contributed by atoms with Crippen LogP contribution in [0.25, 0.3) is 0 Å². The molecule has 0 spiro atoms. The number of hydrogen-bond donors (Lipinski definition) is 2. The van der Waals surface area contributed by atoms with Gasteiger partial charge in [0.25, 0.3) is 0 Å². The molecule has 1 rings (SSSR count). The van der Waals surface area contributed by atoms with Gasteiger partial charge in [-0.3, -0.25) is 0 Å². The lowest BCUT2D eigenvalue weighted by Crippen LogP contribution is -2.61. The molecule has 1 fully saturated rings. The van der Waals surface area contributed by atoms with Crippen LogP contribution >= 0.6 is 0 Å². The highest BCUT2D eigenvalue weighted by Crippen LogP contribution is 2.42. The van der Waals surface area contributed by atoms with E-state index in [4.69, 9.17) is 9.84 Å². The number of aliphatic hydroxyl groups is 1. The van der Waals surface area contributed by atoms with Gasteiger partial charge in [-0.1, -0.05) is 13.8 Å². The topological polar surface area (TPSA) is 41.5 Å². The van der Waals surface area contributed by atoms with Gasteiger partial charge in [0.15, 0.2) is 0 Å². The third kappa shape index (κ3) is 3.16. The van der Waals surface area contributed by atoms with Crippen molar-refractivity contribution in [2.75, 3.05) is 19.8 Å². The number of nitrogens with one attached hydrogen (secondary N) is 1. The second-order valence-electron chi connectivity index (χ2n) is 4.94. The van der Waals surface area contributed by atoms with Crippen molar-refractivity contribution in [3.05, 3.63) is 0 Å². The molecular formula is C12H25NO2. The summed E-state index contributed by atoms with van der Waals surface area (Å²) in [7, 11) is 0. The first kappa shape index (κ1) is 12.9. The molecule has 1 aliphatic rings. The molecule has 0 aromatic rings. The first-order valence-corrected chi connectivity index (χ1v) is 6.08. The van der Waals surface area contributed by atoms with Gasteiger partial charge >= 0.3 is 0 Å². The van der Waals surface area contributed by atoms with Crippen LogP contribution in [0.3, 0.4) is 0 Å². The number of hydrogen-bond acceptors (Lipinski definition) is 3. The molecular weight excluding hydrogens is 190 g/mol. The molecule has 2 N–H and O–H groups in total. The molecule has 3 heteroatoms. The molecule has 0 bridgehead atoms. The van der Waals surface area contributed by atoms with Crippen molar-refractivity contribution in [1.29, 1.82) is 0 Å². The summed E-state index contributed by atoms with van der Waals surface area (Å²) in [5.74, 6) is 0. The fourth-order valence-corrected chi connectivity index (χ4v) is 2.23. The molecule has 0 aromatic heterocycles. The van der Waals surface area contributed by atoms with Crippen molar-refractivity contribution >= 4 is 0 Å². The summed E-state index contributed by atoms with van der Waals surface area (Å²) in [6.07, 6.45) is 3.50. The van der Waals surface area contributed by atoms with Gasteiger partial charge in [0.05, 0.1) is 6.10 Å².